The molecule has 26 heavy (non-hydrogen) atoms. The largest absolute Gasteiger partial charge is 0.469 e. The molecule has 1 aliphatic rings. The number of fused-ring (bicyclic) bond motifs is 1. The molecule has 7 nitrogen and oxygen atoms in total. The number of nitrogens with zero attached hydrogens (tertiary/aromatic N) is 4. The summed E-state index contributed by atoms with van der Waals surface area (Å²) in [4.78, 5) is 19.2. The lowest BCUT2D eigenvalue weighted by Gasteiger charge is -2.24. The van der Waals surface area contributed by atoms with Crippen LogP contribution in [0.1, 0.15) is 21.8 Å². The van der Waals surface area contributed by atoms with Crippen molar-refractivity contribution in [3.63, 3.8) is 0 Å². The van der Waals surface area contributed by atoms with E-state index in [2.05, 4.69) is 15.4 Å². The summed E-state index contributed by atoms with van der Waals surface area (Å²) in [5, 5.41) is 7.77. The van der Waals surface area contributed by atoms with Gasteiger partial charge in [0.2, 0.25) is 0 Å². The van der Waals surface area contributed by atoms with Crippen molar-refractivity contribution in [2.45, 2.75) is 20.0 Å². The van der Waals surface area contributed by atoms with Gasteiger partial charge in [0.1, 0.15) is 11.6 Å². The van der Waals surface area contributed by atoms with Gasteiger partial charge in [-0.3, -0.25) is 9.48 Å². The van der Waals surface area contributed by atoms with E-state index < -0.39 is 0 Å². The van der Waals surface area contributed by atoms with Gasteiger partial charge in [-0.25, -0.2) is 4.98 Å². The molecule has 1 amide bonds. The molecular weight excluding hydrogens is 330 g/mol. The molecule has 4 rings (SSSR count). The van der Waals surface area contributed by atoms with Gasteiger partial charge in [0, 0.05) is 37.9 Å². The first-order valence-corrected chi connectivity index (χ1v) is 8.69. The second kappa shape index (κ2) is 7.03. The Morgan fingerprint density at radius 1 is 1.27 bits per heavy atom. The Morgan fingerprint density at radius 2 is 2.19 bits per heavy atom. The number of aryl methyl sites for hydroxylation is 1. The molecule has 0 aromatic carbocycles. The summed E-state index contributed by atoms with van der Waals surface area (Å²) < 4.78 is 7.30. The van der Waals surface area contributed by atoms with Crippen molar-refractivity contribution in [2.75, 3.05) is 18.4 Å². The fraction of sp³-hybridized carbons (Fsp3) is 0.316. The zero-order chi connectivity index (χ0) is 17.9. The van der Waals surface area contributed by atoms with Crippen LogP contribution in [0.4, 0.5) is 5.82 Å². The number of carbonyl (C=O) groups excluding carboxylic acids is 1. The van der Waals surface area contributed by atoms with Gasteiger partial charge in [-0.05, 0) is 31.2 Å². The summed E-state index contributed by atoms with van der Waals surface area (Å²) in [5.74, 6) is 1.69. The van der Waals surface area contributed by atoms with E-state index in [1.54, 1.807) is 24.7 Å². The molecule has 1 N–H and O–H groups in total. The Balaban J connectivity index is 1.53. The van der Waals surface area contributed by atoms with Crippen molar-refractivity contribution in [3.8, 4) is 0 Å². The molecule has 1 atom stereocenters. The van der Waals surface area contributed by atoms with Crippen molar-refractivity contribution in [2.24, 2.45) is 5.92 Å². The zero-order valence-corrected chi connectivity index (χ0v) is 14.6. The summed E-state index contributed by atoms with van der Waals surface area (Å²) in [5.41, 5.74) is 1.66. The third-order valence-corrected chi connectivity index (χ3v) is 4.68. The normalized spacial score (nSPS) is 16.8. The smallest absolute Gasteiger partial charge is 0.257 e. The van der Waals surface area contributed by atoms with E-state index in [4.69, 9.17) is 4.42 Å². The van der Waals surface area contributed by atoms with E-state index in [1.165, 1.54) is 0 Å². The molecule has 3 aromatic rings. The maximum absolute atomic E-state index is 13.0. The third-order valence-electron chi connectivity index (χ3n) is 4.68. The summed E-state index contributed by atoms with van der Waals surface area (Å²) in [6.45, 7) is 4.48. The van der Waals surface area contributed by atoms with Crippen LogP contribution in [0.25, 0.3) is 0 Å². The van der Waals surface area contributed by atoms with E-state index in [0.29, 0.717) is 31.0 Å². The van der Waals surface area contributed by atoms with Crippen molar-refractivity contribution in [1.82, 2.24) is 19.7 Å². The summed E-state index contributed by atoms with van der Waals surface area (Å²) in [7, 11) is 0. The van der Waals surface area contributed by atoms with Crippen molar-refractivity contribution >= 4 is 11.7 Å². The number of anilines is 1. The molecule has 4 heterocycles. The minimum Gasteiger partial charge on any atom is -0.469 e. The molecule has 0 fully saturated rings. The number of nitrogens with one attached hydrogen (secondary N) is 1. The Morgan fingerprint density at radius 3 is 2.96 bits per heavy atom. The Labute approximate surface area is 151 Å². The van der Waals surface area contributed by atoms with Gasteiger partial charge in [-0.15, -0.1) is 0 Å². The number of carbonyl (C=O) groups is 1. The summed E-state index contributed by atoms with van der Waals surface area (Å²) in [6, 6.07) is 9.48. The van der Waals surface area contributed by atoms with Crippen LogP contribution in [0, 0.1) is 12.8 Å². The van der Waals surface area contributed by atoms with Crippen molar-refractivity contribution in [1.29, 1.82) is 0 Å². The standard InChI is InChI=1S/C19H21N5O2/c1-14-17(6-9-26-14)19(25)23-11-15(10-21-18-4-2-3-7-20-18)12-24-16(13-23)5-8-22-24/h2-9,15H,10-13H2,1H3,(H,20,21). The van der Waals surface area contributed by atoms with E-state index in [-0.39, 0.29) is 11.8 Å². The second-order valence-electron chi connectivity index (χ2n) is 6.54. The van der Waals surface area contributed by atoms with Crippen LogP contribution in [-0.2, 0) is 13.1 Å². The first-order valence-electron chi connectivity index (χ1n) is 8.69. The van der Waals surface area contributed by atoms with Gasteiger partial charge >= 0.3 is 0 Å². The molecule has 0 saturated heterocycles. The minimum absolute atomic E-state index is 0.00580. The average Bonchev–Trinajstić information content (AvgIpc) is 3.24. The molecule has 0 bridgehead atoms. The predicted octanol–water partition coefficient (Wildman–Crippen LogP) is 2.56. The minimum atomic E-state index is -0.00580. The van der Waals surface area contributed by atoms with Gasteiger partial charge in [-0.1, -0.05) is 6.07 Å². The number of pyridine rings is 1. The molecule has 0 radical (unpaired) electrons. The van der Waals surface area contributed by atoms with E-state index in [0.717, 1.165) is 18.1 Å². The number of hydrogen-bond donors (Lipinski definition) is 1. The molecule has 3 aromatic heterocycles. The quantitative estimate of drug-likeness (QED) is 0.782. The second-order valence-corrected chi connectivity index (χ2v) is 6.54. The van der Waals surface area contributed by atoms with E-state index >= 15 is 0 Å². The number of aromatic nitrogens is 3. The zero-order valence-electron chi connectivity index (χ0n) is 14.6. The fourth-order valence-corrected chi connectivity index (χ4v) is 3.31. The highest BCUT2D eigenvalue weighted by molar-refractivity contribution is 5.95. The van der Waals surface area contributed by atoms with Crippen LogP contribution in [0.3, 0.4) is 0 Å². The highest BCUT2D eigenvalue weighted by Crippen LogP contribution is 2.20. The van der Waals surface area contributed by atoms with Crippen LogP contribution >= 0.6 is 0 Å². The Bertz CT molecular complexity index is 886. The van der Waals surface area contributed by atoms with Crippen LogP contribution in [0.15, 0.2) is 53.4 Å². The van der Waals surface area contributed by atoms with Crippen LogP contribution in [0.2, 0.25) is 0 Å². The number of furan rings is 1. The van der Waals surface area contributed by atoms with Crippen LogP contribution in [-0.4, -0.2) is 38.7 Å². The topological polar surface area (TPSA) is 76.2 Å². The number of hydrogen-bond acceptors (Lipinski definition) is 5. The SMILES string of the molecule is Cc1occc1C(=O)N1Cc2ccnn2CC(CNc2ccccn2)C1. The first kappa shape index (κ1) is 16.4. The van der Waals surface area contributed by atoms with Crippen LogP contribution in [0.5, 0.6) is 0 Å². The maximum Gasteiger partial charge on any atom is 0.257 e. The Hall–Kier alpha value is -3.09. The molecule has 1 unspecified atom stereocenters. The van der Waals surface area contributed by atoms with Gasteiger partial charge < -0.3 is 14.6 Å². The molecule has 0 saturated carbocycles. The molecule has 1 aliphatic heterocycles. The van der Waals surface area contributed by atoms with Gasteiger partial charge in [0.15, 0.2) is 0 Å². The monoisotopic (exact) mass is 351 g/mol. The predicted molar refractivity (Wildman–Crippen MR) is 96.6 cm³/mol. The molecular formula is C19H21N5O2. The number of amides is 1. The molecule has 7 heteroatoms. The Kier molecular flexibility index (Phi) is 4.43. The van der Waals surface area contributed by atoms with E-state index in [1.807, 2.05) is 40.8 Å². The lowest BCUT2D eigenvalue weighted by atomic mass is 10.1. The van der Waals surface area contributed by atoms with Gasteiger partial charge in [-0.2, -0.15) is 5.10 Å². The average molecular weight is 351 g/mol. The highest BCUT2D eigenvalue weighted by atomic mass is 16.3. The first-order chi connectivity index (χ1) is 12.7. The summed E-state index contributed by atoms with van der Waals surface area (Å²) >= 11 is 0. The highest BCUT2D eigenvalue weighted by Gasteiger charge is 2.27. The lowest BCUT2D eigenvalue weighted by Crippen LogP contribution is -2.36. The molecule has 0 spiro atoms. The van der Waals surface area contributed by atoms with Gasteiger partial charge in [0.05, 0.1) is 24.1 Å². The molecule has 0 aliphatic carbocycles. The number of rotatable bonds is 4. The maximum atomic E-state index is 13.0. The van der Waals surface area contributed by atoms with Crippen molar-refractivity contribution in [3.05, 3.63) is 66.0 Å². The summed E-state index contributed by atoms with van der Waals surface area (Å²) in [6.07, 6.45) is 5.11. The van der Waals surface area contributed by atoms with Gasteiger partial charge in [0.25, 0.3) is 5.91 Å². The van der Waals surface area contributed by atoms with Crippen LogP contribution < -0.4 is 5.32 Å². The fourth-order valence-electron chi connectivity index (χ4n) is 3.31. The van der Waals surface area contributed by atoms with Crippen molar-refractivity contribution < 1.29 is 9.21 Å². The third kappa shape index (κ3) is 3.33. The molecule has 134 valence electrons. The van der Waals surface area contributed by atoms with E-state index in [9.17, 15) is 4.79 Å². The lowest BCUT2D eigenvalue weighted by molar-refractivity contribution is 0.0722.